The minimum Gasteiger partial charge on any atom is -0.387 e. The lowest BCUT2D eigenvalue weighted by Crippen LogP contribution is -2.34. The van der Waals surface area contributed by atoms with E-state index in [-0.39, 0.29) is 11.5 Å². The van der Waals surface area contributed by atoms with Crippen LogP contribution in [0.5, 0.6) is 0 Å². The van der Waals surface area contributed by atoms with Crippen molar-refractivity contribution in [1.29, 1.82) is 0 Å². The van der Waals surface area contributed by atoms with Gasteiger partial charge in [-0.3, -0.25) is 0 Å². The first-order chi connectivity index (χ1) is 5.61. The molecule has 0 aromatic carbocycles. The molecule has 2 aliphatic rings. The predicted molar refractivity (Wildman–Crippen MR) is 50.5 cm³/mol. The fraction of sp³-hybridized carbons (Fsp3) is 0.600. The summed E-state index contributed by atoms with van der Waals surface area (Å²) in [5.74, 6) is 0. The van der Waals surface area contributed by atoms with E-state index in [2.05, 4.69) is 25.2 Å². The smallest absolute Gasteiger partial charge is 0.0361 e. The molecule has 2 rings (SSSR count). The van der Waals surface area contributed by atoms with Crippen LogP contribution in [0.1, 0.15) is 20.3 Å². The molecular formula is C10H16N2. The molecule has 0 fully saturated rings. The lowest BCUT2D eigenvalue weighted by Gasteiger charge is -2.24. The van der Waals surface area contributed by atoms with Crippen LogP contribution < -0.4 is 11.1 Å². The van der Waals surface area contributed by atoms with Gasteiger partial charge < -0.3 is 11.1 Å². The molecule has 3 N–H and O–H groups in total. The SMILES string of the molecule is CC1(C)CC2=C(C=CNC2)[C@H]1N. The van der Waals surface area contributed by atoms with E-state index in [1.165, 1.54) is 11.1 Å². The molecule has 1 aliphatic heterocycles. The van der Waals surface area contributed by atoms with Gasteiger partial charge >= 0.3 is 0 Å². The summed E-state index contributed by atoms with van der Waals surface area (Å²) in [6.45, 7) is 5.47. The van der Waals surface area contributed by atoms with Gasteiger partial charge in [0.2, 0.25) is 0 Å². The van der Waals surface area contributed by atoms with Gasteiger partial charge in [-0.15, -0.1) is 0 Å². The highest BCUT2D eigenvalue weighted by atomic mass is 14.9. The summed E-state index contributed by atoms with van der Waals surface area (Å²) in [7, 11) is 0. The predicted octanol–water partition coefficient (Wildman–Crippen LogP) is 1.16. The topological polar surface area (TPSA) is 38.0 Å². The van der Waals surface area contributed by atoms with E-state index in [1.807, 2.05) is 6.20 Å². The van der Waals surface area contributed by atoms with E-state index in [4.69, 9.17) is 5.73 Å². The van der Waals surface area contributed by atoms with Crippen molar-refractivity contribution >= 4 is 0 Å². The number of nitrogens with one attached hydrogen (secondary N) is 1. The second-order valence-electron chi connectivity index (χ2n) is 4.42. The van der Waals surface area contributed by atoms with Crippen LogP contribution in [0.25, 0.3) is 0 Å². The maximum absolute atomic E-state index is 6.13. The average Bonchev–Trinajstić information content (AvgIpc) is 2.24. The van der Waals surface area contributed by atoms with Crippen LogP contribution in [0.15, 0.2) is 23.4 Å². The zero-order valence-electron chi connectivity index (χ0n) is 7.72. The summed E-state index contributed by atoms with van der Waals surface area (Å²) in [5, 5.41) is 3.22. The maximum Gasteiger partial charge on any atom is 0.0361 e. The molecule has 0 saturated heterocycles. The second-order valence-corrected chi connectivity index (χ2v) is 4.42. The highest BCUT2D eigenvalue weighted by molar-refractivity contribution is 5.40. The van der Waals surface area contributed by atoms with Crippen molar-refractivity contribution in [2.45, 2.75) is 26.3 Å². The Morgan fingerprint density at radius 3 is 3.00 bits per heavy atom. The third-order valence-corrected chi connectivity index (χ3v) is 2.95. The second kappa shape index (κ2) is 2.36. The van der Waals surface area contributed by atoms with Gasteiger partial charge in [0.25, 0.3) is 0 Å². The fourth-order valence-electron chi connectivity index (χ4n) is 2.12. The van der Waals surface area contributed by atoms with Crippen molar-refractivity contribution in [3.63, 3.8) is 0 Å². The van der Waals surface area contributed by atoms with Crippen molar-refractivity contribution in [3.05, 3.63) is 23.4 Å². The van der Waals surface area contributed by atoms with Gasteiger partial charge in [-0.25, -0.2) is 0 Å². The first-order valence-corrected chi connectivity index (χ1v) is 4.49. The largest absolute Gasteiger partial charge is 0.387 e. The molecule has 0 aromatic rings. The monoisotopic (exact) mass is 164 g/mol. The summed E-state index contributed by atoms with van der Waals surface area (Å²) in [4.78, 5) is 0. The van der Waals surface area contributed by atoms with Crippen LogP contribution in [-0.2, 0) is 0 Å². The summed E-state index contributed by atoms with van der Waals surface area (Å²) < 4.78 is 0. The Balaban J connectivity index is 2.32. The molecule has 2 nitrogen and oxygen atoms in total. The van der Waals surface area contributed by atoms with Crippen molar-refractivity contribution in [3.8, 4) is 0 Å². The molecule has 1 aliphatic carbocycles. The molecule has 0 aromatic heterocycles. The van der Waals surface area contributed by atoms with Crippen LogP contribution in [0, 0.1) is 5.41 Å². The zero-order valence-corrected chi connectivity index (χ0v) is 7.72. The molecule has 1 heterocycles. The summed E-state index contributed by atoms with van der Waals surface area (Å²) in [6, 6.07) is 0.228. The van der Waals surface area contributed by atoms with E-state index in [9.17, 15) is 0 Å². The molecule has 0 radical (unpaired) electrons. The van der Waals surface area contributed by atoms with E-state index >= 15 is 0 Å². The zero-order chi connectivity index (χ0) is 8.77. The Morgan fingerprint density at radius 2 is 2.33 bits per heavy atom. The molecule has 0 amide bonds. The molecule has 66 valence electrons. The van der Waals surface area contributed by atoms with Crippen molar-refractivity contribution < 1.29 is 0 Å². The number of hydrogen-bond acceptors (Lipinski definition) is 2. The minimum atomic E-state index is 0.228. The standard InChI is InChI=1S/C10H16N2/c1-10(2)5-7-6-12-4-3-8(7)9(10)11/h3-4,9,12H,5-6,11H2,1-2H3/t9-/m1/s1. The number of dihydropyridines is 1. The molecule has 0 unspecified atom stereocenters. The molecule has 2 heteroatoms. The van der Waals surface area contributed by atoms with Gasteiger partial charge in [0, 0.05) is 12.6 Å². The van der Waals surface area contributed by atoms with Gasteiger partial charge in [-0.2, -0.15) is 0 Å². The number of hydrogen-bond donors (Lipinski definition) is 2. The third kappa shape index (κ3) is 0.985. The normalized spacial score (nSPS) is 31.8. The van der Waals surface area contributed by atoms with Gasteiger partial charge in [-0.05, 0) is 35.3 Å². The third-order valence-electron chi connectivity index (χ3n) is 2.95. The van der Waals surface area contributed by atoms with E-state index in [0.29, 0.717) is 0 Å². The summed E-state index contributed by atoms with van der Waals surface area (Å²) in [5.41, 5.74) is 9.24. The molecule has 0 saturated carbocycles. The molecule has 1 atom stereocenters. The van der Waals surface area contributed by atoms with Crippen molar-refractivity contribution in [2.24, 2.45) is 11.1 Å². The van der Waals surface area contributed by atoms with Gasteiger partial charge in [-0.1, -0.05) is 13.8 Å². The summed E-state index contributed by atoms with van der Waals surface area (Å²) in [6.07, 6.45) is 5.26. The van der Waals surface area contributed by atoms with E-state index < -0.39 is 0 Å². The summed E-state index contributed by atoms with van der Waals surface area (Å²) >= 11 is 0. The lowest BCUT2D eigenvalue weighted by atomic mass is 9.85. The molecule has 12 heavy (non-hydrogen) atoms. The van der Waals surface area contributed by atoms with E-state index in [0.717, 1.165) is 13.0 Å². The highest BCUT2D eigenvalue weighted by Crippen LogP contribution is 2.41. The van der Waals surface area contributed by atoms with Crippen molar-refractivity contribution in [2.75, 3.05) is 6.54 Å². The van der Waals surface area contributed by atoms with Crippen LogP contribution >= 0.6 is 0 Å². The molecule has 0 bridgehead atoms. The number of nitrogens with two attached hydrogens (primary N) is 1. The maximum atomic E-state index is 6.13. The Morgan fingerprint density at radius 1 is 1.58 bits per heavy atom. The van der Waals surface area contributed by atoms with Gasteiger partial charge in [0.05, 0.1) is 0 Å². The van der Waals surface area contributed by atoms with Crippen LogP contribution in [0.4, 0.5) is 0 Å². The Kier molecular flexibility index (Phi) is 1.55. The first-order valence-electron chi connectivity index (χ1n) is 4.49. The quantitative estimate of drug-likeness (QED) is 0.564. The van der Waals surface area contributed by atoms with Crippen molar-refractivity contribution in [1.82, 2.24) is 5.32 Å². The fourth-order valence-corrected chi connectivity index (χ4v) is 2.12. The molecule has 0 spiro atoms. The van der Waals surface area contributed by atoms with E-state index in [1.54, 1.807) is 0 Å². The first kappa shape index (κ1) is 7.87. The van der Waals surface area contributed by atoms with Gasteiger partial charge in [0.15, 0.2) is 0 Å². The molecular weight excluding hydrogens is 148 g/mol. The number of rotatable bonds is 0. The van der Waals surface area contributed by atoms with Crippen LogP contribution in [0.2, 0.25) is 0 Å². The van der Waals surface area contributed by atoms with Gasteiger partial charge in [0.1, 0.15) is 0 Å². The Labute approximate surface area is 73.5 Å². The highest BCUT2D eigenvalue weighted by Gasteiger charge is 2.37. The Hall–Kier alpha value is -0.760. The Bertz CT molecular complexity index is 261. The van der Waals surface area contributed by atoms with Crippen LogP contribution in [-0.4, -0.2) is 12.6 Å². The lowest BCUT2D eigenvalue weighted by molar-refractivity contribution is 0.342. The minimum absolute atomic E-state index is 0.228. The van der Waals surface area contributed by atoms with Crippen LogP contribution in [0.3, 0.4) is 0 Å². The average molecular weight is 164 g/mol.